The minimum Gasteiger partial charge on any atom is -0.497 e. The largest absolute Gasteiger partial charge is 0.497 e. The Morgan fingerprint density at radius 2 is 1.82 bits per heavy atom. The fourth-order valence-electron chi connectivity index (χ4n) is 4.54. The van der Waals surface area contributed by atoms with E-state index in [9.17, 15) is 9.59 Å². The molecule has 0 radical (unpaired) electrons. The lowest BCUT2D eigenvalue weighted by molar-refractivity contribution is -0.138. The maximum absolute atomic E-state index is 14.0. The number of benzene rings is 3. The van der Waals surface area contributed by atoms with Gasteiger partial charge in [0.2, 0.25) is 0 Å². The van der Waals surface area contributed by atoms with Crippen LogP contribution in [0, 0.1) is 0 Å². The minimum absolute atomic E-state index is 0.189. The van der Waals surface area contributed by atoms with Gasteiger partial charge in [0.15, 0.2) is 4.80 Å². The third-order valence-electron chi connectivity index (χ3n) is 6.33. The van der Waals surface area contributed by atoms with Crippen molar-refractivity contribution < 1.29 is 19.0 Å². The number of carbonyl (C=O) groups excluding carboxylic acids is 1. The molecule has 0 saturated heterocycles. The Kier molecular flexibility index (Phi) is 8.07. The highest BCUT2D eigenvalue weighted by molar-refractivity contribution is 7.07. The van der Waals surface area contributed by atoms with Crippen molar-refractivity contribution in [1.29, 1.82) is 0 Å². The van der Waals surface area contributed by atoms with Crippen LogP contribution in [0.5, 0.6) is 11.5 Å². The second-order valence-corrected chi connectivity index (χ2v) is 9.89. The van der Waals surface area contributed by atoms with Crippen molar-refractivity contribution in [2.24, 2.45) is 4.99 Å². The number of ether oxygens (including phenoxy) is 3. The normalized spacial score (nSPS) is 14.8. The van der Waals surface area contributed by atoms with Crippen LogP contribution in [-0.2, 0) is 9.53 Å². The van der Waals surface area contributed by atoms with E-state index in [-0.39, 0.29) is 12.2 Å². The molecular formula is C32H28N2O5S. The van der Waals surface area contributed by atoms with Crippen molar-refractivity contribution in [3.63, 3.8) is 0 Å². The van der Waals surface area contributed by atoms with Crippen LogP contribution in [0.3, 0.4) is 0 Å². The number of methoxy groups -OCH3 is 1. The van der Waals surface area contributed by atoms with Gasteiger partial charge >= 0.3 is 5.97 Å². The smallest absolute Gasteiger partial charge is 0.338 e. The van der Waals surface area contributed by atoms with Gasteiger partial charge in [-0.3, -0.25) is 9.36 Å². The fraction of sp³-hybridized carbons (Fsp3) is 0.156. The van der Waals surface area contributed by atoms with Crippen LogP contribution in [0.4, 0.5) is 0 Å². The van der Waals surface area contributed by atoms with E-state index in [1.807, 2.05) is 84.9 Å². The van der Waals surface area contributed by atoms with E-state index in [0.29, 0.717) is 38.7 Å². The van der Waals surface area contributed by atoms with E-state index in [4.69, 9.17) is 19.2 Å². The van der Waals surface area contributed by atoms with E-state index in [0.717, 1.165) is 16.7 Å². The van der Waals surface area contributed by atoms with E-state index in [1.54, 1.807) is 24.7 Å². The molecule has 1 aliphatic heterocycles. The van der Waals surface area contributed by atoms with Gasteiger partial charge in [-0.1, -0.05) is 78.6 Å². The molecule has 5 rings (SSSR count). The Bertz CT molecular complexity index is 1750. The quantitative estimate of drug-likeness (QED) is 0.226. The molecule has 0 unspecified atom stereocenters. The topological polar surface area (TPSA) is 79.1 Å². The summed E-state index contributed by atoms with van der Waals surface area (Å²) in [5, 5.41) is 0. The summed E-state index contributed by atoms with van der Waals surface area (Å²) in [7, 11) is 1.59. The van der Waals surface area contributed by atoms with E-state index in [1.165, 1.54) is 11.3 Å². The molecule has 2 heterocycles. The van der Waals surface area contributed by atoms with Crippen LogP contribution in [0.1, 0.15) is 29.7 Å². The molecule has 1 aliphatic rings. The Balaban J connectivity index is 1.76. The standard InChI is InChI=1S/C32H28N2O5S/c1-4-18-39-25-13-9-10-21(19-25)20-26-30(35)34-29(23-14-16-24(37-3)17-15-23)27(31(36)38-5-2)28(33-32(34)40-26)22-11-7-6-8-12-22/h4,6-17,19-20,29H,1,5,18H2,2-3H3/b26-20-/t29-/m0/s1. The van der Waals surface area contributed by atoms with Gasteiger partial charge in [-0.05, 0) is 48.4 Å². The van der Waals surface area contributed by atoms with Crippen molar-refractivity contribution in [2.75, 3.05) is 20.3 Å². The summed E-state index contributed by atoms with van der Waals surface area (Å²) < 4.78 is 18.6. The molecule has 0 saturated carbocycles. The van der Waals surface area contributed by atoms with Crippen LogP contribution in [0.25, 0.3) is 11.8 Å². The summed E-state index contributed by atoms with van der Waals surface area (Å²) in [5.41, 5.74) is 2.83. The van der Waals surface area contributed by atoms with Gasteiger partial charge in [-0.15, -0.1) is 0 Å². The molecule has 0 fully saturated rings. The molecule has 40 heavy (non-hydrogen) atoms. The zero-order chi connectivity index (χ0) is 28.1. The number of esters is 1. The third kappa shape index (κ3) is 5.39. The Hall–Kier alpha value is -4.69. The van der Waals surface area contributed by atoms with Gasteiger partial charge in [0.1, 0.15) is 18.1 Å². The molecule has 0 bridgehead atoms. The first kappa shape index (κ1) is 26.9. The molecular weight excluding hydrogens is 524 g/mol. The fourth-order valence-corrected chi connectivity index (χ4v) is 5.54. The molecule has 0 N–H and O–H groups in total. The molecule has 3 aromatic carbocycles. The lowest BCUT2D eigenvalue weighted by Gasteiger charge is -2.26. The van der Waals surface area contributed by atoms with Gasteiger partial charge in [-0.2, -0.15) is 0 Å². The third-order valence-corrected chi connectivity index (χ3v) is 7.31. The number of hydrogen-bond donors (Lipinski definition) is 0. The maximum atomic E-state index is 14.0. The SMILES string of the molecule is C=CCOc1cccc(/C=c2\sc3n(c2=O)[C@@H](c2ccc(OC)cc2)C(C(=O)OCC)=C(c2ccccc2)N=3)c1. The molecule has 1 aromatic heterocycles. The second-order valence-electron chi connectivity index (χ2n) is 8.88. The monoisotopic (exact) mass is 552 g/mol. The van der Waals surface area contributed by atoms with Crippen LogP contribution >= 0.6 is 11.3 Å². The van der Waals surface area contributed by atoms with Crippen LogP contribution in [-0.4, -0.2) is 30.9 Å². The average Bonchev–Trinajstić information content (AvgIpc) is 3.30. The lowest BCUT2D eigenvalue weighted by Crippen LogP contribution is -2.40. The van der Waals surface area contributed by atoms with Gasteiger partial charge in [0.25, 0.3) is 5.56 Å². The number of fused-ring (bicyclic) bond motifs is 1. The predicted octanol–water partition coefficient (Wildman–Crippen LogP) is 4.51. The Labute approximate surface area is 235 Å². The number of hydrogen-bond acceptors (Lipinski definition) is 7. The number of rotatable bonds is 9. The van der Waals surface area contributed by atoms with Crippen LogP contribution < -0.4 is 24.4 Å². The molecule has 0 amide bonds. The highest BCUT2D eigenvalue weighted by atomic mass is 32.1. The lowest BCUT2D eigenvalue weighted by atomic mass is 9.93. The van der Waals surface area contributed by atoms with Crippen molar-refractivity contribution in [2.45, 2.75) is 13.0 Å². The molecule has 202 valence electrons. The summed E-state index contributed by atoms with van der Waals surface area (Å²) in [6, 6.07) is 23.5. The molecule has 7 nitrogen and oxygen atoms in total. The number of carbonyl (C=O) groups is 1. The molecule has 1 atom stereocenters. The Morgan fingerprint density at radius 3 is 2.52 bits per heavy atom. The summed E-state index contributed by atoms with van der Waals surface area (Å²) in [5.74, 6) is 0.820. The molecule has 0 aliphatic carbocycles. The van der Waals surface area contributed by atoms with Gasteiger partial charge in [0, 0.05) is 5.56 Å². The average molecular weight is 553 g/mol. The summed E-state index contributed by atoms with van der Waals surface area (Å²) >= 11 is 1.27. The predicted molar refractivity (Wildman–Crippen MR) is 156 cm³/mol. The first-order chi connectivity index (χ1) is 19.5. The van der Waals surface area contributed by atoms with Crippen molar-refractivity contribution in [3.8, 4) is 11.5 Å². The van der Waals surface area contributed by atoms with Crippen molar-refractivity contribution in [1.82, 2.24) is 4.57 Å². The first-order valence-corrected chi connectivity index (χ1v) is 13.6. The highest BCUT2D eigenvalue weighted by Crippen LogP contribution is 2.35. The molecule has 4 aromatic rings. The van der Waals surface area contributed by atoms with Crippen molar-refractivity contribution >= 4 is 29.1 Å². The van der Waals surface area contributed by atoms with Crippen molar-refractivity contribution in [3.05, 3.63) is 133 Å². The summed E-state index contributed by atoms with van der Waals surface area (Å²) in [6.07, 6.45) is 3.49. The van der Waals surface area contributed by atoms with Crippen LogP contribution in [0.15, 0.2) is 107 Å². The minimum atomic E-state index is -0.749. The maximum Gasteiger partial charge on any atom is 0.338 e. The highest BCUT2D eigenvalue weighted by Gasteiger charge is 2.35. The number of nitrogens with zero attached hydrogens (tertiary/aromatic N) is 2. The number of aromatic nitrogens is 1. The van der Waals surface area contributed by atoms with E-state index < -0.39 is 12.0 Å². The van der Waals surface area contributed by atoms with Gasteiger partial charge in [-0.25, -0.2) is 9.79 Å². The van der Waals surface area contributed by atoms with E-state index >= 15 is 0 Å². The van der Waals surface area contributed by atoms with E-state index in [2.05, 4.69) is 6.58 Å². The second kappa shape index (κ2) is 12.0. The zero-order valence-electron chi connectivity index (χ0n) is 22.2. The van der Waals surface area contributed by atoms with Crippen LogP contribution in [0.2, 0.25) is 0 Å². The van der Waals surface area contributed by atoms with Gasteiger partial charge in [0.05, 0.1) is 35.6 Å². The summed E-state index contributed by atoms with van der Waals surface area (Å²) in [4.78, 5) is 32.9. The first-order valence-electron chi connectivity index (χ1n) is 12.8. The van der Waals surface area contributed by atoms with Gasteiger partial charge < -0.3 is 14.2 Å². The number of thiazole rings is 1. The zero-order valence-corrected chi connectivity index (χ0v) is 23.0. The Morgan fingerprint density at radius 1 is 1.05 bits per heavy atom. The summed E-state index contributed by atoms with van der Waals surface area (Å²) in [6.45, 7) is 6.01. The molecule has 8 heteroatoms. The molecule has 0 spiro atoms.